The number of amides is 1. The van der Waals surface area contributed by atoms with Crippen molar-refractivity contribution in [1.82, 2.24) is 19.9 Å². The Morgan fingerprint density at radius 2 is 1.80 bits per heavy atom. The summed E-state index contributed by atoms with van der Waals surface area (Å²) < 4.78 is 33.2. The third kappa shape index (κ3) is 6.64. The average molecular weight is 564 g/mol. The molecule has 1 aliphatic rings. The van der Waals surface area contributed by atoms with Gasteiger partial charge in [-0.2, -0.15) is 8.42 Å². The molecule has 1 aliphatic heterocycles. The molecule has 0 spiro atoms. The zero-order valence-electron chi connectivity index (χ0n) is 21.9. The number of anilines is 1. The van der Waals surface area contributed by atoms with Crippen LogP contribution in [0.25, 0.3) is 11.0 Å². The molecular formula is C28H29N5O6S. The highest BCUT2D eigenvalue weighted by atomic mass is 32.2. The lowest BCUT2D eigenvalue weighted by Gasteiger charge is -2.25. The summed E-state index contributed by atoms with van der Waals surface area (Å²) in [5.74, 6) is 1.19. The molecule has 0 radical (unpaired) electrons. The predicted octanol–water partition coefficient (Wildman–Crippen LogP) is 3.75. The highest BCUT2D eigenvalue weighted by molar-refractivity contribution is 7.86. The predicted molar refractivity (Wildman–Crippen MR) is 149 cm³/mol. The van der Waals surface area contributed by atoms with E-state index >= 15 is 0 Å². The van der Waals surface area contributed by atoms with Gasteiger partial charge in [-0.1, -0.05) is 18.2 Å². The van der Waals surface area contributed by atoms with E-state index in [4.69, 9.17) is 8.92 Å². The highest BCUT2D eigenvalue weighted by Crippen LogP contribution is 2.28. The van der Waals surface area contributed by atoms with Gasteiger partial charge in [0.15, 0.2) is 5.78 Å². The first-order valence-electron chi connectivity index (χ1n) is 12.9. The van der Waals surface area contributed by atoms with Crippen LogP contribution in [-0.2, 0) is 19.1 Å². The van der Waals surface area contributed by atoms with Gasteiger partial charge in [0.2, 0.25) is 5.91 Å². The number of ketones is 1. The molecule has 2 N–H and O–H groups in total. The molecule has 11 nitrogen and oxygen atoms in total. The van der Waals surface area contributed by atoms with Crippen LogP contribution in [0.15, 0.2) is 67.1 Å². The number of carbonyl (C=O) groups is 2. The lowest BCUT2D eigenvalue weighted by Crippen LogP contribution is -2.41. The third-order valence-electron chi connectivity index (χ3n) is 6.57. The number of nitrogens with zero attached hydrogens (tertiary/aromatic N) is 3. The van der Waals surface area contributed by atoms with Crippen molar-refractivity contribution in [3.63, 3.8) is 0 Å². The SMILES string of the molecule is CS(=O)(=O)OCC(=O)N1CCCCC(Nc2ncnc3[nH]cc(C(=O)c4ccc(Oc5ccccc5)cc4)c23)C1. The number of benzene rings is 2. The number of H-pyrrole nitrogens is 1. The minimum atomic E-state index is -3.72. The van der Waals surface area contributed by atoms with Gasteiger partial charge in [0.05, 0.1) is 17.2 Å². The van der Waals surface area contributed by atoms with Crippen LogP contribution in [0.5, 0.6) is 11.5 Å². The van der Waals surface area contributed by atoms with E-state index in [0.717, 1.165) is 25.5 Å². The first-order valence-corrected chi connectivity index (χ1v) is 14.7. The van der Waals surface area contributed by atoms with Crippen LogP contribution in [-0.4, -0.2) is 72.0 Å². The molecule has 1 saturated heterocycles. The summed E-state index contributed by atoms with van der Waals surface area (Å²) >= 11 is 0. The van der Waals surface area contributed by atoms with Gasteiger partial charge in [-0.15, -0.1) is 0 Å². The second kappa shape index (κ2) is 11.8. The maximum Gasteiger partial charge on any atom is 0.264 e. The van der Waals surface area contributed by atoms with E-state index in [1.165, 1.54) is 6.33 Å². The summed E-state index contributed by atoms with van der Waals surface area (Å²) in [5.41, 5.74) is 1.40. The van der Waals surface area contributed by atoms with Crippen LogP contribution in [0.3, 0.4) is 0 Å². The molecule has 0 aliphatic carbocycles. The molecule has 0 bridgehead atoms. The van der Waals surface area contributed by atoms with Crippen molar-refractivity contribution in [1.29, 1.82) is 0 Å². The summed E-state index contributed by atoms with van der Waals surface area (Å²) in [5, 5.41) is 3.95. The van der Waals surface area contributed by atoms with Gasteiger partial charge in [0, 0.05) is 30.9 Å². The Morgan fingerprint density at radius 1 is 1.05 bits per heavy atom. The molecule has 3 heterocycles. The standard InChI is InChI=1S/C28H29N5O6S/c1-40(36,37)38-17-24(34)33-14-6-5-7-20(16-33)32-28-25-23(15-29-27(25)30-18-31-28)26(35)19-10-12-22(13-11-19)39-21-8-3-2-4-9-21/h2-4,8-13,15,18,20H,5-7,14,16-17H2,1H3,(H2,29,30,31,32). The van der Waals surface area contributed by atoms with Crippen molar-refractivity contribution in [3.8, 4) is 11.5 Å². The molecular weight excluding hydrogens is 534 g/mol. The first-order chi connectivity index (χ1) is 19.3. The number of nitrogens with one attached hydrogen (secondary N) is 2. The fraction of sp³-hybridized carbons (Fsp3) is 0.286. The zero-order valence-corrected chi connectivity index (χ0v) is 22.7. The minimum absolute atomic E-state index is 0.171. The minimum Gasteiger partial charge on any atom is -0.457 e. The van der Waals surface area contributed by atoms with E-state index < -0.39 is 22.6 Å². The van der Waals surface area contributed by atoms with Crippen LogP contribution in [0.2, 0.25) is 0 Å². The first kappa shape index (κ1) is 27.3. The van der Waals surface area contributed by atoms with Gasteiger partial charge >= 0.3 is 0 Å². The molecule has 1 fully saturated rings. The molecule has 12 heteroatoms. The number of aromatic amines is 1. The van der Waals surface area contributed by atoms with Gasteiger partial charge < -0.3 is 19.9 Å². The highest BCUT2D eigenvalue weighted by Gasteiger charge is 2.25. The third-order valence-corrected chi connectivity index (χ3v) is 7.12. The number of fused-ring (bicyclic) bond motifs is 1. The molecule has 40 heavy (non-hydrogen) atoms. The number of hydrogen-bond acceptors (Lipinski definition) is 9. The monoisotopic (exact) mass is 563 g/mol. The molecule has 4 aromatic rings. The van der Waals surface area contributed by atoms with Gasteiger partial charge in [0.25, 0.3) is 10.1 Å². The van der Waals surface area contributed by atoms with Gasteiger partial charge in [-0.25, -0.2) is 9.97 Å². The smallest absolute Gasteiger partial charge is 0.264 e. The Labute approximate surface area is 231 Å². The molecule has 1 amide bonds. The fourth-order valence-electron chi connectivity index (χ4n) is 4.63. The summed E-state index contributed by atoms with van der Waals surface area (Å²) in [6, 6.07) is 16.1. The van der Waals surface area contributed by atoms with Crippen molar-refractivity contribution >= 4 is 38.7 Å². The Balaban J connectivity index is 1.33. The van der Waals surface area contributed by atoms with Crippen molar-refractivity contribution in [2.75, 3.05) is 31.3 Å². The van der Waals surface area contributed by atoms with E-state index in [0.29, 0.717) is 52.6 Å². The van der Waals surface area contributed by atoms with Crippen LogP contribution in [0.1, 0.15) is 35.2 Å². The van der Waals surface area contributed by atoms with E-state index in [1.807, 2.05) is 30.3 Å². The molecule has 1 unspecified atom stereocenters. The molecule has 2 aromatic heterocycles. The second-order valence-electron chi connectivity index (χ2n) is 9.56. The van der Waals surface area contributed by atoms with Crippen molar-refractivity contribution in [2.45, 2.75) is 25.3 Å². The lowest BCUT2D eigenvalue weighted by molar-refractivity contribution is -0.133. The molecule has 1 atom stereocenters. The topological polar surface area (TPSA) is 144 Å². The number of para-hydroxylation sites is 1. The van der Waals surface area contributed by atoms with Gasteiger partial charge in [-0.3, -0.25) is 13.8 Å². The summed E-state index contributed by atoms with van der Waals surface area (Å²) in [4.78, 5) is 39.5. The normalized spacial score (nSPS) is 15.9. The average Bonchev–Trinajstić information content (AvgIpc) is 3.25. The van der Waals surface area contributed by atoms with Crippen molar-refractivity contribution < 1.29 is 26.9 Å². The van der Waals surface area contributed by atoms with E-state index in [-0.39, 0.29) is 11.8 Å². The van der Waals surface area contributed by atoms with E-state index in [2.05, 4.69) is 20.3 Å². The second-order valence-corrected chi connectivity index (χ2v) is 11.2. The molecule has 0 saturated carbocycles. The maximum atomic E-state index is 13.5. The fourth-order valence-corrected chi connectivity index (χ4v) is 4.95. The Morgan fingerprint density at radius 3 is 2.55 bits per heavy atom. The van der Waals surface area contributed by atoms with Gasteiger partial charge in [-0.05, 0) is 55.7 Å². The number of likely N-dealkylation sites (tertiary alicyclic amines) is 1. The Bertz CT molecular complexity index is 1610. The van der Waals surface area contributed by atoms with Gasteiger partial charge in [0.1, 0.15) is 35.9 Å². The summed E-state index contributed by atoms with van der Waals surface area (Å²) in [6.07, 6.45) is 6.34. The number of rotatable bonds is 9. The quantitative estimate of drug-likeness (QED) is 0.230. The Hall–Kier alpha value is -4.29. The van der Waals surface area contributed by atoms with Crippen LogP contribution in [0.4, 0.5) is 5.82 Å². The summed E-state index contributed by atoms with van der Waals surface area (Å²) in [6.45, 7) is 0.310. The van der Waals surface area contributed by atoms with Crippen LogP contribution < -0.4 is 10.1 Å². The van der Waals surface area contributed by atoms with Crippen LogP contribution in [0, 0.1) is 0 Å². The molecule has 2 aromatic carbocycles. The lowest BCUT2D eigenvalue weighted by atomic mass is 10.0. The number of carbonyl (C=O) groups excluding carboxylic acids is 2. The zero-order chi connectivity index (χ0) is 28.1. The largest absolute Gasteiger partial charge is 0.457 e. The number of hydrogen-bond donors (Lipinski definition) is 2. The van der Waals surface area contributed by atoms with E-state index in [9.17, 15) is 18.0 Å². The molecule has 5 rings (SSSR count). The number of aromatic nitrogens is 3. The maximum absolute atomic E-state index is 13.5. The summed E-state index contributed by atoms with van der Waals surface area (Å²) in [7, 11) is -3.72. The number of ether oxygens (including phenoxy) is 1. The van der Waals surface area contributed by atoms with Crippen molar-refractivity contribution in [2.24, 2.45) is 0 Å². The Kier molecular flexibility index (Phi) is 8.08. The van der Waals surface area contributed by atoms with E-state index in [1.54, 1.807) is 35.4 Å². The van der Waals surface area contributed by atoms with Crippen molar-refractivity contribution in [3.05, 3.63) is 78.2 Å². The molecule has 208 valence electrons. The van der Waals surface area contributed by atoms with Crippen LogP contribution >= 0.6 is 0 Å².